The molecule has 2 rings (SSSR count). The molecule has 100 valence electrons. The van der Waals surface area contributed by atoms with E-state index in [0.717, 1.165) is 31.7 Å². The minimum atomic E-state index is -0.375. The molecule has 0 saturated carbocycles. The molecule has 0 spiro atoms. The van der Waals surface area contributed by atoms with Gasteiger partial charge in [-0.05, 0) is 37.6 Å². The Morgan fingerprint density at radius 1 is 1.11 bits per heavy atom. The minimum Gasteiger partial charge on any atom is -0.389 e. The molecule has 3 heteroatoms. The van der Waals surface area contributed by atoms with Gasteiger partial charge in [0, 0.05) is 31.9 Å². The first-order chi connectivity index (χ1) is 8.70. The van der Waals surface area contributed by atoms with Gasteiger partial charge in [0.05, 0.1) is 6.10 Å². The molecule has 3 nitrogen and oxygen atoms in total. The maximum absolute atomic E-state index is 9.50. The Morgan fingerprint density at radius 3 is 2.22 bits per heavy atom. The van der Waals surface area contributed by atoms with Crippen LogP contribution in [0.5, 0.6) is 0 Å². The Kier molecular flexibility index (Phi) is 4.61. The molecular formula is C15H24N2O. The van der Waals surface area contributed by atoms with Crippen LogP contribution >= 0.6 is 0 Å². The van der Waals surface area contributed by atoms with Crippen LogP contribution in [0.1, 0.15) is 31.9 Å². The Morgan fingerprint density at radius 2 is 1.72 bits per heavy atom. The molecule has 1 saturated heterocycles. The molecule has 0 radical (unpaired) electrons. The van der Waals surface area contributed by atoms with Gasteiger partial charge in [0.25, 0.3) is 0 Å². The van der Waals surface area contributed by atoms with E-state index in [4.69, 9.17) is 0 Å². The van der Waals surface area contributed by atoms with E-state index in [1.54, 1.807) is 6.92 Å². The van der Waals surface area contributed by atoms with Gasteiger partial charge in [0.2, 0.25) is 0 Å². The molecule has 1 fully saturated rings. The third-order valence-corrected chi connectivity index (χ3v) is 3.65. The van der Waals surface area contributed by atoms with E-state index in [2.05, 4.69) is 28.9 Å². The summed E-state index contributed by atoms with van der Waals surface area (Å²) in [4.78, 5) is 4.96. The molecular weight excluding hydrogens is 224 g/mol. The largest absolute Gasteiger partial charge is 0.389 e. The molecule has 18 heavy (non-hydrogen) atoms. The van der Waals surface area contributed by atoms with Gasteiger partial charge in [-0.2, -0.15) is 0 Å². The second-order valence-electron chi connectivity index (χ2n) is 5.10. The summed E-state index contributed by atoms with van der Waals surface area (Å²) in [6.07, 6.45) is 0.865. The summed E-state index contributed by atoms with van der Waals surface area (Å²) >= 11 is 0. The minimum absolute atomic E-state index is 0.375. The molecule has 1 aliphatic heterocycles. The lowest BCUT2D eigenvalue weighted by atomic mass is 10.1. The van der Waals surface area contributed by atoms with E-state index in [0.29, 0.717) is 0 Å². The van der Waals surface area contributed by atoms with Gasteiger partial charge in [-0.3, -0.25) is 4.90 Å². The maximum Gasteiger partial charge on any atom is 0.0761 e. The van der Waals surface area contributed by atoms with E-state index in [-0.39, 0.29) is 6.10 Å². The van der Waals surface area contributed by atoms with Gasteiger partial charge in [-0.1, -0.05) is 19.1 Å². The quantitative estimate of drug-likeness (QED) is 0.885. The molecule has 0 bridgehead atoms. The second kappa shape index (κ2) is 6.21. The fourth-order valence-electron chi connectivity index (χ4n) is 2.51. The fourth-order valence-corrected chi connectivity index (χ4v) is 2.51. The van der Waals surface area contributed by atoms with Crippen molar-refractivity contribution in [2.45, 2.75) is 26.4 Å². The third kappa shape index (κ3) is 3.24. The zero-order valence-electron chi connectivity index (χ0n) is 11.5. The van der Waals surface area contributed by atoms with Crippen LogP contribution in [0.4, 0.5) is 5.69 Å². The monoisotopic (exact) mass is 248 g/mol. The highest BCUT2D eigenvalue weighted by atomic mass is 16.3. The number of hydrogen-bond acceptors (Lipinski definition) is 3. The smallest absolute Gasteiger partial charge is 0.0761 e. The van der Waals surface area contributed by atoms with Crippen molar-refractivity contribution in [3.8, 4) is 0 Å². The molecule has 0 aromatic heterocycles. The topological polar surface area (TPSA) is 26.7 Å². The summed E-state index contributed by atoms with van der Waals surface area (Å²) in [7, 11) is 0. The standard InChI is InChI=1S/C15H24N2O/c1-3-8-16-9-11-17(12-10-16)15-6-4-14(5-7-15)13(2)18/h4-7,13,18H,3,8-12H2,1-2H3. The van der Waals surface area contributed by atoms with Crippen LogP contribution in [0, 0.1) is 0 Å². The van der Waals surface area contributed by atoms with Crippen molar-refractivity contribution >= 4 is 5.69 Å². The van der Waals surface area contributed by atoms with Crippen molar-refractivity contribution in [2.75, 3.05) is 37.6 Å². The number of hydrogen-bond donors (Lipinski definition) is 1. The Hall–Kier alpha value is -1.06. The fraction of sp³-hybridized carbons (Fsp3) is 0.600. The summed E-state index contributed by atoms with van der Waals surface area (Å²) in [6.45, 7) is 9.79. The number of piperazine rings is 1. The van der Waals surface area contributed by atoms with Crippen molar-refractivity contribution < 1.29 is 5.11 Å². The van der Waals surface area contributed by atoms with Gasteiger partial charge in [-0.25, -0.2) is 0 Å². The number of rotatable bonds is 4. The first kappa shape index (κ1) is 13.4. The molecule has 0 amide bonds. The van der Waals surface area contributed by atoms with E-state index in [1.165, 1.54) is 18.7 Å². The summed E-state index contributed by atoms with van der Waals surface area (Å²) in [5, 5.41) is 9.50. The van der Waals surface area contributed by atoms with E-state index in [1.807, 2.05) is 12.1 Å². The molecule has 0 aliphatic carbocycles. The SMILES string of the molecule is CCCN1CCN(c2ccc(C(C)O)cc2)CC1. The van der Waals surface area contributed by atoms with Crippen molar-refractivity contribution in [2.24, 2.45) is 0 Å². The van der Waals surface area contributed by atoms with Crippen molar-refractivity contribution in [3.05, 3.63) is 29.8 Å². The van der Waals surface area contributed by atoms with Gasteiger partial charge in [0.15, 0.2) is 0 Å². The number of anilines is 1. The molecule has 1 aliphatic rings. The van der Waals surface area contributed by atoms with Crippen LogP contribution in [0.15, 0.2) is 24.3 Å². The predicted molar refractivity (Wildman–Crippen MR) is 76.0 cm³/mol. The lowest BCUT2D eigenvalue weighted by Crippen LogP contribution is -2.46. The summed E-state index contributed by atoms with van der Waals surface area (Å²) < 4.78 is 0. The second-order valence-corrected chi connectivity index (χ2v) is 5.10. The lowest BCUT2D eigenvalue weighted by molar-refractivity contribution is 0.199. The molecule has 1 N–H and O–H groups in total. The van der Waals surface area contributed by atoms with Crippen molar-refractivity contribution in [1.82, 2.24) is 4.90 Å². The average molecular weight is 248 g/mol. The Balaban J connectivity index is 1.93. The van der Waals surface area contributed by atoms with E-state index in [9.17, 15) is 5.11 Å². The molecule has 1 aromatic carbocycles. The number of nitrogens with zero attached hydrogens (tertiary/aromatic N) is 2. The highest BCUT2D eigenvalue weighted by Crippen LogP contribution is 2.20. The summed E-state index contributed by atoms with van der Waals surface area (Å²) in [5.41, 5.74) is 2.26. The maximum atomic E-state index is 9.50. The Labute approximate surface area is 110 Å². The predicted octanol–water partition coefficient (Wildman–Crippen LogP) is 2.27. The molecule has 1 unspecified atom stereocenters. The summed E-state index contributed by atoms with van der Waals surface area (Å²) in [6, 6.07) is 8.30. The van der Waals surface area contributed by atoms with E-state index >= 15 is 0 Å². The molecule has 1 atom stereocenters. The van der Waals surface area contributed by atoms with Crippen LogP contribution in [-0.4, -0.2) is 42.7 Å². The number of benzene rings is 1. The zero-order valence-corrected chi connectivity index (χ0v) is 11.5. The molecule has 1 aromatic rings. The average Bonchev–Trinajstić information content (AvgIpc) is 2.40. The zero-order chi connectivity index (χ0) is 13.0. The van der Waals surface area contributed by atoms with Gasteiger partial charge >= 0.3 is 0 Å². The van der Waals surface area contributed by atoms with Crippen LogP contribution in [0.2, 0.25) is 0 Å². The number of aliphatic hydroxyl groups excluding tert-OH is 1. The first-order valence-corrected chi connectivity index (χ1v) is 6.96. The Bertz CT molecular complexity index is 353. The highest BCUT2D eigenvalue weighted by molar-refractivity contribution is 5.48. The van der Waals surface area contributed by atoms with E-state index < -0.39 is 0 Å². The van der Waals surface area contributed by atoms with Crippen LogP contribution < -0.4 is 4.90 Å². The highest BCUT2D eigenvalue weighted by Gasteiger charge is 2.16. The van der Waals surface area contributed by atoms with Crippen molar-refractivity contribution in [1.29, 1.82) is 0 Å². The van der Waals surface area contributed by atoms with Gasteiger partial charge in [0.1, 0.15) is 0 Å². The van der Waals surface area contributed by atoms with Crippen LogP contribution in [0.25, 0.3) is 0 Å². The number of aliphatic hydroxyl groups is 1. The lowest BCUT2D eigenvalue weighted by Gasteiger charge is -2.36. The van der Waals surface area contributed by atoms with Crippen LogP contribution in [-0.2, 0) is 0 Å². The molecule has 1 heterocycles. The first-order valence-electron chi connectivity index (χ1n) is 6.96. The van der Waals surface area contributed by atoms with Crippen molar-refractivity contribution in [3.63, 3.8) is 0 Å². The van der Waals surface area contributed by atoms with Crippen LogP contribution in [0.3, 0.4) is 0 Å². The third-order valence-electron chi connectivity index (χ3n) is 3.65. The summed E-state index contributed by atoms with van der Waals surface area (Å²) in [5.74, 6) is 0. The van der Waals surface area contributed by atoms with Gasteiger partial charge < -0.3 is 10.0 Å². The van der Waals surface area contributed by atoms with Gasteiger partial charge in [-0.15, -0.1) is 0 Å². The normalized spacial score (nSPS) is 18.9.